The number of nitrogens with one attached hydrogen (secondary N) is 1. The second-order valence-corrected chi connectivity index (χ2v) is 3.22. The Morgan fingerprint density at radius 2 is 2.33 bits per heavy atom. The second-order valence-electron chi connectivity index (χ2n) is 3.22. The topological polar surface area (TPSA) is 49.3 Å². The molecular formula is C12H15NO2. The smallest absolute Gasteiger partial charge is 0.321 e. The molecule has 0 aliphatic heterocycles. The maximum Gasteiger partial charge on any atom is 0.321 e. The van der Waals surface area contributed by atoms with E-state index in [1.165, 1.54) is 0 Å². The van der Waals surface area contributed by atoms with E-state index in [2.05, 4.69) is 5.32 Å². The maximum atomic E-state index is 11.0. The average Bonchev–Trinajstić information content (AvgIpc) is 2.29. The van der Waals surface area contributed by atoms with Crippen LogP contribution in [-0.4, -0.2) is 23.7 Å². The first-order valence-electron chi connectivity index (χ1n) is 5.35. The van der Waals surface area contributed by atoms with Crippen LogP contribution in [0.4, 0.5) is 0 Å². The SMILES string of the molecule is [2H]C=CCN[C@@H](Cc1ccccc1)C(=O)O. The highest BCUT2D eigenvalue weighted by Crippen LogP contribution is 2.03. The van der Waals surface area contributed by atoms with E-state index in [0.29, 0.717) is 13.0 Å². The van der Waals surface area contributed by atoms with Gasteiger partial charge in [0.15, 0.2) is 0 Å². The molecule has 1 atom stereocenters. The van der Waals surface area contributed by atoms with Gasteiger partial charge in [-0.3, -0.25) is 4.79 Å². The Kier molecular flexibility index (Phi) is 3.96. The maximum absolute atomic E-state index is 11.0. The fraction of sp³-hybridized carbons (Fsp3) is 0.250. The summed E-state index contributed by atoms with van der Waals surface area (Å²) in [6.45, 7) is 1.54. The quantitative estimate of drug-likeness (QED) is 0.693. The number of hydrogen-bond donors (Lipinski definition) is 2. The van der Waals surface area contributed by atoms with Crippen molar-refractivity contribution in [1.82, 2.24) is 5.32 Å². The highest BCUT2D eigenvalue weighted by Gasteiger charge is 2.15. The first-order chi connectivity index (χ1) is 7.74. The molecule has 3 heteroatoms. The predicted octanol–water partition coefficient (Wildman–Crippen LogP) is 1.46. The summed E-state index contributed by atoms with van der Waals surface area (Å²) in [5, 5.41) is 11.9. The molecule has 0 amide bonds. The minimum atomic E-state index is -0.873. The molecule has 2 N–H and O–H groups in total. The Labute approximate surface area is 90.8 Å². The van der Waals surface area contributed by atoms with Crippen molar-refractivity contribution >= 4 is 5.97 Å². The van der Waals surface area contributed by atoms with Gasteiger partial charge in [0.25, 0.3) is 0 Å². The lowest BCUT2D eigenvalue weighted by Crippen LogP contribution is -2.38. The van der Waals surface area contributed by atoms with Crippen LogP contribution in [0.25, 0.3) is 0 Å². The van der Waals surface area contributed by atoms with Gasteiger partial charge in [0.1, 0.15) is 6.04 Å². The molecule has 1 aromatic carbocycles. The van der Waals surface area contributed by atoms with E-state index in [9.17, 15) is 4.79 Å². The molecule has 0 aliphatic carbocycles. The molecule has 0 fully saturated rings. The van der Waals surface area contributed by atoms with Crippen LogP contribution in [-0.2, 0) is 11.2 Å². The van der Waals surface area contributed by atoms with E-state index in [-0.39, 0.29) is 0 Å². The standard InChI is InChI=1S/C12H15NO2/c1-2-8-13-11(12(14)15)9-10-6-4-3-5-7-10/h2-7,11,13H,1,8-9H2,(H,14,15)/t11-/m0/s1/i1D. The van der Waals surface area contributed by atoms with Gasteiger partial charge in [-0.15, -0.1) is 6.55 Å². The summed E-state index contributed by atoms with van der Waals surface area (Å²) in [6.07, 6.45) is 2.02. The van der Waals surface area contributed by atoms with Crippen LogP contribution in [0.15, 0.2) is 43.0 Å². The number of rotatable bonds is 6. The van der Waals surface area contributed by atoms with Crippen molar-refractivity contribution < 1.29 is 11.3 Å². The summed E-state index contributed by atoms with van der Waals surface area (Å²) in [5.41, 5.74) is 0.984. The summed E-state index contributed by atoms with van der Waals surface area (Å²) in [6, 6.07) is 8.86. The normalized spacial score (nSPS) is 13.7. The molecule has 0 spiro atoms. The molecule has 1 aromatic rings. The Balaban J connectivity index is 2.55. The summed E-state index contributed by atoms with van der Waals surface area (Å²) < 4.78 is 6.81. The van der Waals surface area contributed by atoms with Crippen molar-refractivity contribution in [3.05, 3.63) is 48.5 Å². The van der Waals surface area contributed by atoms with Crippen molar-refractivity contribution in [2.24, 2.45) is 0 Å². The molecule has 0 unspecified atom stereocenters. The van der Waals surface area contributed by atoms with Crippen molar-refractivity contribution in [1.29, 1.82) is 0 Å². The lowest BCUT2D eigenvalue weighted by atomic mass is 10.1. The van der Waals surface area contributed by atoms with Crippen LogP contribution in [0.5, 0.6) is 0 Å². The molecule has 0 bridgehead atoms. The summed E-state index contributed by atoms with van der Waals surface area (Å²) in [5.74, 6) is -0.873. The van der Waals surface area contributed by atoms with Gasteiger partial charge in [0.2, 0.25) is 0 Å². The Morgan fingerprint density at radius 1 is 1.60 bits per heavy atom. The zero-order valence-electron chi connectivity index (χ0n) is 9.39. The van der Waals surface area contributed by atoms with Crippen molar-refractivity contribution in [2.75, 3.05) is 6.54 Å². The molecule has 0 heterocycles. The molecule has 0 saturated carbocycles. The molecule has 3 nitrogen and oxygen atoms in total. The van der Waals surface area contributed by atoms with Crippen LogP contribution in [0.2, 0.25) is 0 Å². The van der Waals surface area contributed by atoms with Crippen LogP contribution in [0.3, 0.4) is 0 Å². The number of aliphatic carboxylic acids is 1. The number of hydrogen-bond acceptors (Lipinski definition) is 2. The molecule has 15 heavy (non-hydrogen) atoms. The van der Waals surface area contributed by atoms with E-state index < -0.39 is 12.0 Å². The zero-order chi connectivity index (χ0) is 11.8. The Bertz CT molecular complexity index is 351. The molecule has 0 aliphatic rings. The molecule has 1 rings (SSSR count). The van der Waals surface area contributed by atoms with Gasteiger partial charge in [0, 0.05) is 6.54 Å². The lowest BCUT2D eigenvalue weighted by Gasteiger charge is -2.12. The fourth-order valence-electron chi connectivity index (χ4n) is 1.31. The third kappa shape index (κ3) is 3.95. The minimum absolute atomic E-state index is 0.396. The van der Waals surface area contributed by atoms with Gasteiger partial charge in [0.05, 0.1) is 1.37 Å². The minimum Gasteiger partial charge on any atom is -0.480 e. The second kappa shape index (κ2) is 5.98. The van der Waals surface area contributed by atoms with E-state index in [0.717, 1.165) is 12.1 Å². The van der Waals surface area contributed by atoms with Crippen molar-refractivity contribution in [2.45, 2.75) is 12.5 Å². The van der Waals surface area contributed by atoms with Gasteiger partial charge in [-0.25, -0.2) is 0 Å². The average molecular weight is 206 g/mol. The molecule has 0 saturated heterocycles. The van der Waals surface area contributed by atoms with Crippen LogP contribution >= 0.6 is 0 Å². The molecule has 0 radical (unpaired) electrons. The summed E-state index contributed by atoms with van der Waals surface area (Å²) in [7, 11) is 0. The zero-order valence-corrected chi connectivity index (χ0v) is 8.39. The third-order valence-corrected chi connectivity index (χ3v) is 2.06. The van der Waals surface area contributed by atoms with Gasteiger partial charge in [-0.05, 0) is 12.0 Å². The molecule has 80 valence electrons. The van der Waals surface area contributed by atoms with E-state index >= 15 is 0 Å². The van der Waals surface area contributed by atoms with E-state index in [1.807, 2.05) is 30.3 Å². The number of benzene rings is 1. The van der Waals surface area contributed by atoms with Crippen LogP contribution in [0, 0.1) is 0 Å². The van der Waals surface area contributed by atoms with Crippen molar-refractivity contribution in [3.63, 3.8) is 0 Å². The van der Waals surface area contributed by atoms with Gasteiger partial charge in [-0.1, -0.05) is 36.4 Å². The van der Waals surface area contributed by atoms with Gasteiger partial charge in [-0.2, -0.15) is 0 Å². The Hall–Kier alpha value is -1.61. The van der Waals surface area contributed by atoms with Gasteiger partial charge < -0.3 is 10.4 Å². The van der Waals surface area contributed by atoms with Crippen molar-refractivity contribution in [3.8, 4) is 0 Å². The Morgan fingerprint density at radius 3 is 2.93 bits per heavy atom. The highest BCUT2D eigenvalue weighted by molar-refractivity contribution is 5.73. The first-order valence-corrected chi connectivity index (χ1v) is 4.77. The largest absolute Gasteiger partial charge is 0.480 e. The lowest BCUT2D eigenvalue weighted by molar-refractivity contribution is -0.139. The first kappa shape index (κ1) is 9.93. The molecule has 0 aromatic heterocycles. The van der Waals surface area contributed by atoms with Gasteiger partial charge >= 0.3 is 5.97 Å². The third-order valence-electron chi connectivity index (χ3n) is 2.06. The predicted molar refractivity (Wildman–Crippen MR) is 59.8 cm³/mol. The summed E-state index contributed by atoms with van der Waals surface area (Å²) >= 11 is 0. The monoisotopic (exact) mass is 206 g/mol. The molecular weight excluding hydrogens is 190 g/mol. The van der Waals surface area contributed by atoms with E-state index in [4.69, 9.17) is 6.48 Å². The highest BCUT2D eigenvalue weighted by atomic mass is 16.4. The van der Waals surface area contributed by atoms with Crippen LogP contribution < -0.4 is 5.32 Å². The fourth-order valence-corrected chi connectivity index (χ4v) is 1.31. The number of carboxylic acid groups (broad SMARTS) is 1. The summed E-state index contributed by atoms with van der Waals surface area (Å²) in [4.78, 5) is 11.0. The number of carboxylic acids is 1. The van der Waals surface area contributed by atoms with Crippen LogP contribution in [0.1, 0.15) is 6.93 Å². The number of carbonyl (C=O) groups is 1. The van der Waals surface area contributed by atoms with E-state index in [1.54, 1.807) is 6.08 Å².